The van der Waals surface area contributed by atoms with Crippen LogP contribution in [-0.4, -0.2) is 44.4 Å². The van der Waals surface area contributed by atoms with Crippen LogP contribution in [-0.2, 0) is 4.74 Å². The number of nitrogens with one attached hydrogen (secondary N) is 2. The largest absolute Gasteiger partial charge is 0.370 e. The predicted molar refractivity (Wildman–Crippen MR) is 66.7 cm³/mol. The Labute approximate surface area is 109 Å². The molecule has 5 nitrogen and oxygen atoms in total. The predicted octanol–water partition coefficient (Wildman–Crippen LogP) is -0.00482. The van der Waals surface area contributed by atoms with Crippen LogP contribution in [0.25, 0.3) is 0 Å². The molecule has 0 aliphatic carbocycles. The highest BCUT2D eigenvalue weighted by Gasteiger charge is 2.13. The Hall–Kier alpha value is -0.870. The van der Waals surface area contributed by atoms with Crippen molar-refractivity contribution in [1.29, 1.82) is 5.26 Å². The number of ether oxygens (including phenoxy) is 1. The Bertz CT molecular complexity index is 411. The molecule has 0 unspecified atom stereocenters. The van der Waals surface area contributed by atoms with E-state index < -0.39 is 0 Å². The second kappa shape index (κ2) is 6.17. The Kier molecular flexibility index (Phi) is 4.57. The zero-order valence-electron chi connectivity index (χ0n) is 9.33. The molecule has 0 bridgehead atoms. The minimum atomic E-state index is 0.290. The highest BCUT2D eigenvalue weighted by atomic mass is 35.5. The SMILES string of the molecule is N#Cc1sc(NCC[NH+]2CCOCC2)nc1Cl. The fraction of sp³-hybridized carbons (Fsp3) is 0.600. The van der Waals surface area contributed by atoms with Gasteiger partial charge in [-0.1, -0.05) is 22.9 Å². The van der Waals surface area contributed by atoms with Gasteiger partial charge in [0, 0.05) is 0 Å². The number of anilines is 1. The van der Waals surface area contributed by atoms with Gasteiger partial charge in [-0.05, 0) is 0 Å². The van der Waals surface area contributed by atoms with Crippen LogP contribution in [0.2, 0.25) is 5.15 Å². The Morgan fingerprint density at radius 1 is 1.53 bits per heavy atom. The summed E-state index contributed by atoms with van der Waals surface area (Å²) in [6.45, 7) is 5.67. The number of nitrogens with zero attached hydrogens (tertiary/aromatic N) is 2. The Morgan fingerprint density at radius 2 is 2.29 bits per heavy atom. The molecule has 0 aromatic carbocycles. The molecule has 1 aromatic rings. The summed E-state index contributed by atoms with van der Waals surface area (Å²) >= 11 is 7.08. The molecule has 0 saturated carbocycles. The lowest BCUT2D eigenvalue weighted by Crippen LogP contribution is -3.14. The molecule has 0 amide bonds. The molecule has 2 heterocycles. The molecule has 2 N–H and O–H groups in total. The van der Waals surface area contributed by atoms with Crippen LogP contribution in [0, 0.1) is 11.3 Å². The molecule has 0 spiro atoms. The van der Waals surface area contributed by atoms with Gasteiger partial charge in [0.05, 0.1) is 26.3 Å². The van der Waals surface area contributed by atoms with Gasteiger partial charge in [0.1, 0.15) is 24.0 Å². The minimum Gasteiger partial charge on any atom is -0.370 e. The summed E-state index contributed by atoms with van der Waals surface area (Å²) in [6, 6.07) is 2.02. The van der Waals surface area contributed by atoms with Crippen molar-refractivity contribution in [2.75, 3.05) is 44.7 Å². The van der Waals surface area contributed by atoms with E-state index in [0.717, 1.165) is 44.5 Å². The molecular formula is C10H14ClN4OS+. The number of aromatic nitrogens is 1. The standard InChI is InChI=1S/C10H13ClN4OS/c11-9-8(7-12)17-10(14-9)13-1-2-15-3-5-16-6-4-15/h1-6H2,(H,13,14)/p+1. The number of hydrogen-bond donors (Lipinski definition) is 2. The molecule has 1 saturated heterocycles. The van der Waals surface area contributed by atoms with Crippen LogP contribution < -0.4 is 10.2 Å². The zero-order chi connectivity index (χ0) is 12.1. The topological polar surface area (TPSA) is 62.4 Å². The first-order valence-corrected chi connectivity index (χ1v) is 6.70. The van der Waals surface area contributed by atoms with E-state index in [-0.39, 0.29) is 0 Å². The average molecular weight is 274 g/mol. The summed E-state index contributed by atoms with van der Waals surface area (Å²) < 4.78 is 5.29. The van der Waals surface area contributed by atoms with Crippen LogP contribution in [0.3, 0.4) is 0 Å². The van der Waals surface area contributed by atoms with Gasteiger partial charge >= 0.3 is 0 Å². The van der Waals surface area contributed by atoms with E-state index in [0.29, 0.717) is 10.0 Å². The molecule has 1 aliphatic rings. The first kappa shape index (κ1) is 12.6. The van der Waals surface area contributed by atoms with Crippen molar-refractivity contribution in [3.05, 3.63) is 10.0 Å². The van der Waals surface area contributed by atoms with Crippen molar-refractivity contribution in [1.82, 2.24) is 4.98 Å². The number of rotatable bonds is 4. The first-order chi connectivity index (χ1) is 8.29. The van der Waals surface area contributed by atoms with E-state index in [1.165, 1.54) is 16.2 Å². The van der Waals surface area contributed by atoms with Gasteiger partial charge < -0.3 is 15.0 Å². The van der Waals surface area contributed by atoms with Crippen molar-refractivity contribution in [2.24, 2.45) is 0 Å². The van der Waals surface area contributed by atoms with Gasteiger partial charge in [0.2, 0.25) is 0 Å². The van der Waals surface area contributed by atoms with E-state index in [1.807, 2.05) is 6.07 Å². The second-order valence-electron chi connectivity index (χ2n) is 3.79. The van der Waals surface area contributed by atoms with Gasteiger partial charge in [0.15, 0.2) is 10.3 Å². The molecule has 0 radical (unpaired) electrons. The van der Waals surface area contributed by atoms with Crippen LogP contribution in [0.4, 0.5) is 5.13 Å². The smallest absolute Gasteiger partial charge is 0.185 e. The monoisotopic (exact) mass is 273 g/mol. The highest BCUT2D eigenvalue weighted by Crippen LogP contribution is 2.25. The maximum absolute atomic E-state index is 8.75. The van der Waals surface area contributed by atoms with E-state index in [1.54, 1.807) is 0 Å². The summed E-state index contributed by atoms with van der Waals surface area (Å²) in [5.74, 6) is 0. The summed E-state index contributed by atoms with van der Waals surface area (Å²) in [7, 11) is 0. The third-order valence-corrected chi connectivity index (χ3v) is 3.95. The van der Waals surface area contributed by atoms with Gasteiger partial charge in [-0.3, -0.25) is 0 Å². The van der Waals surface area contributed by atoms with Crippen LogP contribution in [0.15, 0.2) is 0 Å². The summed E-state index contributed by atoms with van der Waals surface area (Å²) in [6.07, 6.45) is 0. The van der Waals surface area contributed by atoms with Crippen molar-refractivity contribution >= 4 is 28.1 Å². The molecule has 1 aromatic heterocycles. The van der Waals surface area contributed by atoms with E-state index in [4.69, 9.17) is 21.6 Å². The number of thiazole rings is 1. The average Bonchev–Trinajstić information content (AvgIpc) is 2.71. The van der Waals surface area contributed by atoms with Crippen molar-refractivity contribution in [3.8, 4) is 6.07 Å². The normalized spacial score (nSPS) is 16.7. The Balaban J connectivity index is 1.75. The summed E-state index contributed by atoms with van der Waals surface area (Å²) in [5.41, 5.74) is 0. The molecule has 1 aliphatic heterocycles. The minimum absolute atomic E-state index is 0.290. The molecule has 2 rings (SSSR count). The number of morpholine rings is 1. The number of halogens is 1. The van der Waals surface area contributed by atoms with Gasteiger partial charge in [-0.2, -0.15) is 5.26 Å². The maximum Gasteiger partial charge on any atom is 0.185 e. The second-order valence-corrected chi connectivity index (χ2v) is 5.15. The number of nitriles is 1. The lowest BCUT2D eigenvalue weighted by Gasteiger charge is -2.23. The Morgan fingerprint density at radius 3 is 2.94 bits per heavy atom. The van der Waals surface area contributed by atoms with E-state index in [9.17, 15) is 0 Å². The van der Waals surface area contributed by atoms with Crippen molar-refractivity contribution < 1.29 is 9.64 Å². The van der Waals surface area contributed by atoms with Crippen molar-refractivity contribution in [2.45, 2.75) is 0 Å². The molecule has 17 heavy (non-hydrogen) atoms. The number of hydrogen-bond acceptors (Lipinski definition) is 5. The number of quaternary nitrogens is 1. The summed E-state index contributed by atoms with van der Waals surface area (Å²) in [4.78, 5) is 6.08. The molecule has 7 heteroatoms. The van der Waals surface area contributed by atoms with E-state index in [2.05, 4.69) is 10.3 Å². The summed E-state index contributed by atoms with van der Waals surface area (Å²) in [5, 5.41) is 13.0. The lowest BCUT2D eigenvalue weighted by molar-refractivity contribution is -0.906. The molecule has 1 fully saturated rings. The third-order valence-electron chi connectivity index (χ3n) is 2.64. The van der Waals surface area contributed by atoms with Gasteiger partial charge in [-0.15, -0.1) is 0 Å². The van der Waals surface area contributed by atoms with Gasteiger partial charge in [-0.25, -0.2) is 4.98 Å². The van der Waals surface area contributed by atoms with Gasteiger partial charge in [0.25, 0.3) is 0 Å². The van der Waals surface area contributed by atoms with Crippen LogP contribution >= 0.6 is 22.9 Å². The van der Waals surface area contributed by atoms with Crippen LogP contribution in [0.5, 0.6) is 0 Å². The lowest BCUT2D eigenvalue weighted by atomic mass is 10.4. The van der Waals surface area contributed by atoms with Crippen molar-refractivity contribution in [3.63, 3.8) is 0 Å². The third kappa shape index (κ3) is 3.54. The zero-order valence-corrected chi connectivity index (χ0v) is 10.9. The first-order valence-electron chi connectivity index (χ1n) is 5.51. The molecule has 92 valence electrons. The van der Waals surface area contributed by atoms with E-state index >= 15 is 0 Å². The highest BCUT2D eigenvalue weighted by molar-refractivity contribution is 7.16. The van der Waals surface area contributed by atoms with Crippen LogP contribution in [0.1, 0.15) is 4.88 Å². The fourth-order valence-electron chi connectivity index (χ4n) is 1.70. The fourth-order valence-corrected chi connectivity index (χ4v) is 2.68. The molecular weight excluding hydrogens is 260 g/mol. The molecule has 0 atom stereocenters. The quantitative estimate of drug-likeness (QED) is 0.810. The maximum atomic E-state index is 8.75.